The van der Waals surface area contributed by atoms with E-state index in [0.29, 0.717) is 13.1 Å². The van der Waals surface area contributed by atoms with Crippen LogP contribution in [0.5, 0.6) is 0 Å². The molecule has 10 heteroatoms. The first-order valence-corrected chi connectivity index (χ1v) is 11.5. The number of carbonyl (C=O) groups is 1. The Bertz CT molecular complexity index is 892. The van der Waals surface area contributed by atoms with E-state index in [1.807, 2.05) is 18.5 Å². The molecule has 1 fully saturated rings. The van der Waals surface area contributed by atoms with E-state index in [1.165, 1.54) is 18.5 Å². The minimum Gasteiger partial charge on any atom is -0.341 e. The molecule has 28 heavy (non-hydrogen) atoms. The quantitative estimate of drug-likeness (QED) is 0.699. The number of piperidine rings is 1. The number of likely N-dealkylation sites (tertiary alicyclic amines) is 1. The van der Waals surface area contributed by atoms with Crippen LogP contribution in [0, 0.1) is 5.92 Å². The van der Waals surface area contributed by atoms with Gasteiger partial charge in [0.25, 0.3) is 0 Å². The van der Waals surface area contributed by atoms with Gasteiger partial charge in [-0.05, 0) is 43.0 Å². The third-order valence-electron chi connectivity index (χ3n) is 4.93. The Kier molecular flexibility index (Phi) is 6.51. The number of nitrogens with zero attached hydrogens (tertiary/aromatic N) is 4. The lowest BCUT2D eigenvalue weighted by Crippen LogP contribution is -2.53. The van der Waals surface area contributed by atoms with Crippen LogP contribution in [0.3, 0.4) is 0 Å². The van der Waals surface area contributed by atoms with E-state index >= 15 is 0 Å². The van der Waals surface area contributed by atoms with E-state index in [1.54, 1.807) is 23.4 Å². The van der Waals surface area contributed by atoms with Crippen LogP contribution >= 0.6 is 15.9 Å². The highest BCUT2D eigenvalue weighted by molar-refractivity contribution is 9.10. The van der Waals surface area contributed by atoms with Gasteiger partial charge >= 0.3 is 0 Å². The predicted molar refractivity (Wildman–Crippen MR) is 108 cm³/mol. The first kappa shape index (κ1) is 20.9. The van der Waals surface area contributed by atoms with Gasteiger partial charge in [-0.1, -0.05) is 29.8 Å². The van der Waals surface area contributed by atoms with Gasteiger partial charge in [-0.25, -0.2) is 18.1 Å². The molecule has 0 aliphatic carbocycles. The van der Waals surface area contributed by atoms with Crippen LogP contribution in [0.25, 0.3) is 0 Å². The van der Waals surface area contributed by atoms with Crippen LogP contribution in [0.1, 0.15) is 32.7 Å². The smallest absolute Gasteiger partial charge is 0.241 e. The third-order valence-corrected chi connectivity index (χ3v) is 6.91. The molecule has 1 aliphatic rings. The van der Waals surface area contributed by atoms with Gasteiger partial charge in [0.15, 0.2) is 0 Å². The molecule has 1 aromatic carbocycles. The summed E-state index contributed by atoms with van der Waals surface area (Å²) < 4.78 is 30.7. The number of hydrogen-bond donors (Lipinski definition) is 1. The highest BCUT2D eigenvalue weighted by Crippen LogP contribution is 2.23. The Morgan fingerprint density at radius 2 is 1.86 bits per heavy atom. The summed E-state index contributed by atoms with van der Waals surface area (Å²) in [6.07, 6.45) is 4.72. The molecule has 2 aromatic rings. The number of benzene rings is 1. The predicted octanol–water partition coefficient (Wildman–Crippen LogP) is 2.21. The van der Waals surface area contributed by atoms with Crippen molar-refractivity contribution in [3.8, 4) is 0 Å². The van der Waals surface area contributed by atoms with E-state index in [9.17, 15) is 13.2 Å². The maximum atomic E-state index is 13.1. The van der Waals surface area contributed by atoms with Crippen molar-refractivity contribution in [2.45, 2.75) is 43.7 Å². The molecule has 1 aromatic heterocycles. The Morgan fingerprint density at radius 1 is 1.21 bits per heavy atom. The third kappa shape index (κ3) is 4.79. The SMILES string of the molecule is CC(C)[C@H](NS(=O)(=O)c1ccc(Br)cc1)C(=O)N1CCC(n2cncn2)CC1. The van der Waals surface area contributed by atoms with Crippen LogP contribution in [0.15, 0.2) is 46.3 Å². The Labute approximate surface area is 173 Å². The summed E-state index contributed by atoms with van der Waals surface area (Å²) in [5, 5.41) is 4.17. The van der Waals surface area contributed by atoms with Crippen LogP contribution in [-0.2, 0) is 14.8 Å². The number of rotatable bonds is 6. The van der Waals surface area contributed by atoms with Gasteiger partial charge < -0.3 is 4.90 Å². The average molecular weight is 470 g/mol. The summed E-state index contributed by atoms with van der Waals surface area (Å²) in [7, 11) is -3.79. The molecule has 1 atom stereocenters. The summed E-state index contributed by atoms with van der Waals surface area (Å²) >= 11 is 3.29. The Hall–Kier alpha value is -1.78. The summed E-state index contributed by atoms with van der Waals surface area (Å²) in [5.41, 5.74) is 0. The number of aromatic nitrogens is 3. The fourth-order valence-corrected chi connectivity index (χ4v) is 4.88. The monoisotopic (exact) mass is 469 g/mol. The fraction of sp³-hybridized carbons (Fsp3) is 0.500. The van der Waals surface area contributed by atoms with Crippen LogP contribution in [0.4, 0.5) is 0 Å². The minimum atomic E-state index is -3.79. The average Bonchev–Trinajstić information content (AvgIpc) is 3.21. The lowest BCUT2D eigenvalue weighted by molar-refractivity contribution is -0.135. The highest BCUT2D eigenvalue weighted by atomic mass is 79.9. The minimum absolute atomic E-state index is 0.138. The van der Waals surface area contributed by atoms with Gasteiger partial charge in [0.05, 0.1) is 10.9 Å². The number of carbonyl (C=O) groups excluding carboxylic acids is 1. The number of amides is 1. The molecule has 0 spiro atoms. The van der Waals surface area contributed by atoms with Gasteiger partial charge in [-0.15, -0.1) is 0 Å². The van der Waals surface area contributed by atoms with E-state index in [0.717, 1.165) is 17.3 Å². The first-order valence-electron chi connectivity index (χ1n) is 9.18. The van der Waals surface area contributed by atoms with Crippen molar-refractivity contribution in [3.05, 3.63) is 41.4 Å². The van der Waals surface area contributed by atoms with E-state index < -0.39 is 16.1 Å². The van der Waals surface area contributed by atoms with E-state index in [-0.39, 0.29) is 22.8 Å². The maximum absolute atomic E-state index is 13.1. The van der Waals surface area contributed by atoms with Crippen molar-refractivity contribution in [1.29, 1.82) is 0 Å². The maximum Gasteiger partial charge on any atom is 0.241 e. The summed E-state index contributed by atoms with van der Waals surface area (Å²) in [4.78, 5) is 18.9. The van der Waals surface area contributed by atoms with Gasteiger partial charge in [-0.2, -0.15) is 9.82 Å². The van der Waals surface area contributed by atoms with Crippen molar-refractivity contribution in [3.63, 3.8) is 0 Å². The zero-order valence-electron chi connectivity index (χ0n) is 15.8. The normalized spacial score (nSPS) is 17.1. The highest BCUT2D eigenvalue weighted by Gasteiger charge is 2.33. The van der Waals surface area contributed by atoms with Crippen molar-refractivity contribution < 1.29 is 13.2 Å². The molecular weight excluding hydrogens is 446 g/mol. The fourth-order valence-electron chi connectivity index (χ4n) is 3.27. The van der Waals surface area contributed by atoms with Gasteiger partial charge in [0.2, 0.25) is 15.9 Å². The summed E-state index contributed by atoms with van der Waals surface area (Å²) in [6.45, 7) is 4.81. The second kappa shape index (κ2) is 8.71. The molecule has 1 amide bonds. The lowest BCUT2D eigenvalue weighted by atomic mass is 10.0. The molecular formula is C18H24BrN5O3S. The van der Waals surface area contributed by atoms with Crippen LogP contribution in [0.2, 0.25) is 0 Å². The zero-order valence-corrected chi connectivity index (χ0v) is 18.2. The second-order valence-electron chi connectivity index (χ2n) is 7.23. The summed E-state index contributed by atoms with van der Waals surface area (Å²) in [5.74, 6) is -0.363. The zero-order chi connectivity index (χ0) is 20.3. The number of sulfonamides is 1. The van der Waals surface area contributed by atoms with Crippen molar-refractivity contribution in [1.82, 2.24) is 24.4 Å². The van der Waals surface area contributed by atoms with Crippen molar-refractivity contribution >= 4 is 31.9 Å². The number of halogens is 1. The molecule has 3 rings (SSSR count). The van der Waals surface area contributed by atoms with Gasteiger partial charge in [0, 0.05) is 17.6 Å². The number of nitrogens with one attached hydrogen (secondary N) is 1. The molecule has 8 nitrogen and oxygen atoms in total. The molecule has 1 aliphatic heterocycles. The topological polar surface area (TPSA) is 97.2 Å². The molecule has 0 bridgehead atoms. The Balaban J connectivity index is 1.68. The van der Waals surface area contributed by atoms with Crippen molar-refractivity contribution in [2.75, 3.05) is 13.1 Å². The number of hydrogen-bond acceptors (Lipinski definition) is 5. The van der Waals surface area contributed by atoms with Gasteiger partial charge in [0.1, 0.15) is 18.7 Å². The molecule has 0 unspecified atom stereocenters. The molecule has 0 saturated carbocycles. The molecule has 152 valence electrons. The standard InChI is InChI=1S/C18H24BrN5O3S/c1-13(2)17(22-28(26,27)16-5-3-14(19)4-6-16)18(25)23-9-7-15(8-10-23)24-12-20-11-21-24/h3-6,11-13,15,17,22H,7-10H2,1-2H3/t17-/m0/s1. The van der Waals surface area contributed by atoms with Gasteiger partial charge in [-0.3, -0.25) is 4.79 Å². The molecule has 1 saturated heterocycles. The molecule has 0 radical (unpaired) electrons. The van der Waals surface area contributed by atoms with Crippen LogP contribution < -0.4 is 4.72 Å². The van der Waals surface area contributed by atoms with Crippen LogP contribution in [-0.4, -0.2) is 53.1 Å². The second-order valence-corrected chi connectivity index (χ2v) is 9.86. The van der Waals surface area contributed by atoms with E-state index in [4.69, 9.17) is 0 Å². The van der Waals surface area contributed by atoms with E-state index in [2.05, 4.69) is 30.7 Å². The molecule has 1 N–H and O–H groups in total. The largest absolute Gasteiger partial charge is 0.341 e. The van der Waals surface area contributed by atoms with Crippen molar-refractivity contribution in [2.24, 2.45) is 5.92 Å². The molecule has 2 heterocycles. The lowest BCUT2D eigenvalue weighted by Gasteiger charge is -2.35. The summed E-state index contributed by atoms with van der Waals surface area (Å²) in [6, 6.07) is 5.75. The first-order chi connectivity index (χ1) is 13.3. The Morgan fingerprint density at radius 3 is 2.39 bits per heavy atom.